The molecular formula is C13H13ClFNOS. The number of thiophene rings is 1. The van der Waals surface area contributed by atoms with E-state index in [9.17, 15) is 9.50 Å². The van der Waals surface area contributed by atoms with Crippen molar-refractivity contribution in [2.75, 3.05) is 6.61 Å². The molecule has 0 aliphatic rings. The van der Waals surface area contributed by atoms with E-state index in [0.717, 1.165) is 4.88 Å². The highest BCUT2D eigenvalue weighted by atomic mass is 35.5. The topological polar surface area (TPSA) is 32.3 Å². The summed E-state index contributed by atoms with van der Waals surface area (Å²) in [6, 6.07) is 7.99. The standard InChI is InChI=1S/C13H13ClFNOS/c14-9-3-4-11(12(15)6-9)13(8-17)16-7-10-2-1-5-18-10/h1-6,13,16-17H,7-8H2. The Morgan fingerprint density at radius 2 is 2.22 bits per heavy atom. The zero-order valence-electron chi connectivity index (χ0n) is 9.57. The number of rotatable bonds is 5. The molecule has 0 aliphatic carbocycles. The van der Waals surface area contributed by atoms with Crippen molar-refractivity contribution in [3.8, 4) is 0 Å². The van der Waals surface area contributed by atoms with Crippen molar-refractivity contribution in [1.29, 1.82) is 0 Å². The lowest BCUT2D eigenvalue weighted by atomic mass is 10.1. The van der Waals surface area contributed by atoms with E-state index >= 15 is 0 Å². The maximum atomic E-state index is 13.7. The zero-order chi connectivity index (χ0) is 13.0. The van der Waals surface area contributed by atoms with Crippen LogP contribution in [0.3, 0.4) is 0 Å². The Balaban J connectivity index is 2.08. The first-order valence-corrected chi connectivity index (χ1v) is 6.78. The summed E-state index contributed by atoms with van der Waals surface area (Å²) in [5, 5.41) is 14.8. The van der Waals surface area contributed by atoms with Gasteiger partial charge in [-0.1, -0.05) is 23.7 Å². The van der Waals surface area contributed by atoms with Crippen LogP contribution < -0.4 is 5.32 Å². The van der Waals surface area contributed by atoms with Crippen molar-refractivity contribution in [2.45, 2.75) is 12.6 Å². The maximum absolute atomic E-state index is 13.7. The number of aliphatic hydroxyl groups is 1. The monoisotopic (exact) mass is 285 g/mol. The van der Waals surface area contributed by atoms with E-state index in [-0.39, 0.29) is 6.61 Å². The molecule has 1 unspecified atom stereocenters. The van der Waals surface area contributed by atoms with E-state index in [1.54, 1.807) is 23.5 Å². The van der Waals surface area contributed by atoms with Gasteiger partial charge in [0.25, 0.3) is 0 Å². The number of benzene rings is 1. The summed E-state index contributed by atoms with van der Waals surface area (Å²) in [6.45, 7) is 0.439. The van der Waals surface area contributed by atoms with E-state index in [0.29, 0.717) is 17.1 Å². The Hall–Kier alpha value is -0.940. The van der Waals surface area contributed by atoms with Crippen LogP contribution >= 0.6 is 22.9 Å². The molecule has 0 bridgehead atoms. The predicted molar refractivity (Wildman–Crippen MR) is 72.4 cm³/mol. The highest BCUT2D eigenvalue weighted by Crippen LogP contribution is 2.21. The SMILES string of the molecule is OCC(NCc1cccs1)c1ccc(Cl)cc1F. The van der Waals surface area contributed by atoms with Crippen LogP contribution in [-0.4, -0.2) is 11.7 Å². The first-order chi connectivity index (χ1) is 8.70. The molecule has 0 radical (unpaired) electrons. The van der Waals surface area contributed by atoms with Gasteiger partial charge < -0.3 is 10.4 Å². The molecule has 0 saturated heterocycles. The van der Waals surface area contributed by atoms with Crippen LogP contribution in [-0.2, 0) is 6.54 Å². The highest BCUT2D eigenvalue weighted by Gasteiger charge is 2.14. The molecule has 1 heterocycles. The molecule has 1 atom stereocenters. The molecule has 0 amide bonds. The average Bonchev–Trinajstić information content (AvgIpc) is 2.85. The minimum absolute atomic E-state index is 0.163. The maximum Gasteiger partial charge on any atom is 0.129 e. The molecule has 1 aromatic heterocycles. The predicted octanol–water partition coefficient (Wildman–Crippen LogP) is 3.36. The van der Waals surface area contributed by atoms with Crippen molar-refractivity contribution in [1.82, 2.24) is 5.32 Å². The Morgan fingerprint density at radius 1 is 1.39 bits per heavy atom. The third kappa shape index (κ3) is 3.29. The largest absolute Gasteiger partial charge is 0.394 e. The fourth-order valence-electron chi connectivity index (χ4n) is 1.69. The summed E-state index contributed by atoms with van der Waals surface area (Å²) in [4.78, 5) is 1.14. The summed E-state index contributed by atoms with van der Waals surface area (Å²) in [7, 11) is 0. The van der Waals surface area contributed by atoms with Crippen LogP contribution in [0, 0.1) is 5.82 Å². The molecule has 0 saturated carbocycles. The fraction of sp³-hybridized carbons (Fsp3) is 0.231. The van der Waals surface area contributed by atoms with Crippen LogP contribution in [0.25, 0.3) is 0 Å². The molecular weight excluding hydrogens is 273 g/mol. The number of halogens is 2. The second-order valence-corrected chi connectivity index (χ2v) is 5.33. The van der Waals surface area contributed by atoms with Gasteiger partial charge >= 0.3 is 0 Å². The average molecular weight is 286 g/mol. The van der Waals surface area contributed by atoms with Gasteiger partial charge in [0.1, 0.15) is 5.82 Å². The van der Waals surface area contributed by atoms with E-state index in [1.807, 2.05) is 17.5 Å². The van der Waals surface area contributed by atoms with Gasteiger partial charge in [0, 0.05) is 22.0 Å². The normalized spacial score (nSPS) is 12.6. The minimum atomic E-state index is -0.427. The van der Waals surface area contributed by atoms with Crippen molar-refractivity contribution >= 4 is 22.9 Å². The first-order valence-electron chi connectivity index (χ1n) is 5.52. The first kappa shape index (κ1) is 13.5. The van der Waals surface area contributed by atoms with Gasteiger partial charge in [-0.3, -0.25) is 0 Å². The minimum Gasteiger partial charge on any atom is -0.394 e. The Kier molecular flexibility index (Phi) is 4.72. The molecule has 0 spiro atoms. The van der Waals surface area contributed by atoms with Crippen molar-refractivity contribution in [3.05, 3.63) is 57.0 Å². The third-order valence-electron chi connectivity index (χ3n) is 2.62. The molecule has 2 aromatic rings. The smallest absolute Gasteiger partial charge is 0.129 e. The summed E-state index contributed by atoms with van der Waals surface area (Å²) >= 11 is 7.32. The van der Waals surface area contributed by atoms with Crippen LogP contribution in [0.4, 0.5) is 4.39 Å². The quantitative estimate of drug-likeness (QED) is 0.883. The molecule has 5 heteroatoms. The number of hydrogen-bond acceptors (Lipinski definition) is 3. The highest BCUT2D eigenvalue weighted by molar-refractivity contribution is 7.09. The summed E-state index contributed by atoms with van der Waals surface area (Å²) in [5.74, 6) is -0.403. The van der Waals surface area contributed by atoms with E-state index in [4.69, 9.17) is 11.6 Å². The number of aliphatic hydroxyl groups excluding tert-OH is 1. The van der Waals surface area contributed by atoms with E-state index < -0.39 is 11.9 Å². The van der Waals surface area contributed by atoms with Gasteiger partial charge in [0.05, 0.1) is 12.6 Å². The molecule has 18 heavy (non-hydrogen) atoms. The van der Waals surface area contributed by atoms with Crippen LogP contribution in [0.15, 0.2) is 35.7 Å². The Labute approximate surface area is 114 Å². The lowest BCUT2D eigenvalue weighted by Crippen LogP contribution is -2.24. The molecule has 0 aliphatic heterocycles. The molecule has 96 valence electrons. The van der Waals surface area contributed by atoms with Crippen molar-refractivity contribution in [2.24, 2.45) is 0 Å². The molecule has 1 aromatic carbocycles. The molecule has 2 nitrogen and oxygen atoms in total. The second kappa shape index (κ2) is 6.29. The molecule has 0 fully saturated rings. The number of nitrogens with one attached hydrogen (secondary N) is 1. The van der Waals surface area contributed by atoms with Crippen LogP contribution in [0.5, 0.6) is 0 Å². The number of hydrogen-bond donors (Lipinski definition) is 2. The lowest BCUT2D eigenvalue weighted by molar-refractivity contribution is 0.241. The summed E-state index contributed by atoms with van der Waals surface area (Å²) in [6.07, 6.45) is 0. The zero-order valence-corrected chi connectivity index (χ0v) is 11.1. The van der Waals surface area contributed by atoms with Gasteiger partial charge in [0.2, 0.25) is 0 Å². The van der Waals surface area contributed by atoms with Gasteiger partial charge in [0.15, 0.2) is 0 Å². The van der Waals surface area contributed by atoms with Gasteiger partial charge in [-0.15, -0.1) is 11.3 Å². The fourth-order valence-corrected chi connectivity index (χ4v) is 2.51. The van der Waals surface area contributed by atoms with Crippen molar-refractivity contribution in [3.63, 3.8) is 0 Å². The van der Waals surface area contributed by atoms with Gasteiger partial charge in [-0.05, 0) is 23.6 Å². The Bertz CT molecular complexity index is 504. The van der Waals surface area contributed by atoms with Gasteiger partial charge in [-0.25, -0.2) is 4.39 Å². The summed E-state index contributed by atoms with van der Waals surface area (Å²) < 4.78 is 13.7. The third-order valence-corrected chi connectivity index (χ3v) is 3.73. The van der Waals surface area contributed by atoms with Crippen molar-refractivity contribution < 1.29 is 9.50 Å². The Morgan fingerprint density at radius 3 is 2.83 bits per heavy atom. The summed E-state index contributed by atoms with van der Waals surface area (Å²) in [5.41, 5.74) is 0.429. The van der Waals surface area contributed by atoms with Gasteiger partial charge in [-0.2, -0.15) is 0 Å². The van der Waals surface area contributed by atoms with E-state index in [2.05, 4.69) is 5.32 Å². The van der Waals surface area contributed by atoms with E-state index in [1.165, 1.54) is 6.07 Å². The molecule has 2 rings (SSSR count). The molecule has 2 N–H and O–H groups in total. The lowest BCUT2D eigenvalue weighted by Gasteiger charge is -2.17. The second-order valence-electron chi connectivity index (χ2n) is 3.86. The van der Waals surface area contributed by atoms with Crippen LogP contribution in [0.2, 0.25) is 5.02 Å². The van der Waals surface area contributed by atoms with Crippen LogP contribution in [0.1, 0.15) is 16.5 Å².